The summed E-state index contributed by atoms with van der Waals surface area (Å²) in [7, 11) is 5.05. The molecule has 1 unspecified atom stereocenters. The van der Waals surface area contributed by atoms with Gasteiger partial charge in [0, 0.05) is 31.3 Å². The number of anilines is 1. The first-order valence-corrected chi connectivity index (χ1v) is 11.8. The fraction of sp³-hybridized carbons (Fsp3) is 0.500. The van der Waals surface area contributed by atoms with E-state index in [-0.39, 0.29) is 6.10 Å². The minimum Gasteiger partial charge on any atom is -0.497 e. The molecule has 1 atom stereocenters. The summed E-state index contributed by atoms with van der Waals surface area (Å²) >= 11 is 0. The first-order chi connectivity index (χ1) is 16.1. The molecule has 1 saturated carbocycles. The van der Waals surface area contributed by atoms with Crippen molar-refractivity contribution in [2.24, 2.45) is 5.92 Å². The van der Waals surface area contributed by atoms with E-state index in [1.54, 1.807) is 21.3 Å². The second-order valence-electron chi connectivity index (χ2n) is 9.07. The summed E-state index contributed by atoms with van der Waals surface area (Å²) < 4.78 is 25.0. The Bertz CT molecular complexity index is 1130. The first-order valence-electron chi connectivity index (χ1n) is 11.8. The first kappa shape index (κ1) is 21.9. The van der Waals surface area contributed by atoms with Crippen molar-refractivity contribution in [2.75, 3.05) is 45.9 Å². The Kier molecular flexibility index (Phi) is 6.06. The minimum atomic E-state index is 0.260. The second kappa shape index (κ2) is 9.14. The zero-order chi connectivity index (χ0) is 22.9. The van der Waals surface area contributed by atoms with E-state index in [1.165, 1.54) is 12.8 Å². The van der Waals surface area contributed by atoms with Crippen molar-refractivity contribution in [3.63, 3.8) is 0 Å². The van der Waals surface area contributed by atoms with Crippen LogP contribution in [0.1, 0.15) is 31.2 Å². The van der Waals surface area contributed by atoms with Gasteiger partial charge in [0.05, 0.1) is 38.6 Å². The molecule has 1 saturated heterocycles. The molecule has 2 aromatic heterocycles. The van der Waals surface area contributed by atoms with Crippen molar-refractivity contribution >= 4 is 11.2 Å². The summed E-state index contributed by atoms with van der Waals surface area (Å²) in [5.41, 5.74) is 5.09. The van der Waals surface area contributed by atoms with Gasteiger partial charge in [0.1, 0.15) is 17.2 Å². The van der Waals surface area contributed by atoms with E-state index >= 15 is 0 Å². The molecule has 7 nitrogen and oxygen atoms in total. The van der Waals surface area contributed by atoms with Crippen LogP contribution in [-0.4, -0.2) is 56.7 Å². The predicted molar refractivity (Wildman–Crippen MR) is 129 cm³/mol. The Morgan fingerprint density at radius 2 is 1.91 bits per heavy atom. The summed E-state index contributed by atoms with van der Waals surface area (Å²) in [6.07, 6.45) is 5.08. The lowest BCUT2D eigenvalue weighted by atomic mass is 10.0. The van der Waals surface area contributed by atoms with Gasteiger partial charge in [-0.15, -0.1) is 5.10 Å². The molecule has 1 aliphatic heterocycles. The molecule has 2 fully saturated rings. The number of pyridine rings is 1. The average Bonchev–Trinajstić information content (AvgIpc) is 3.34. The number of nitrogens with zero attached hydrogens (tertiary/aromatic N) is 3. The number of methoxy groups -OCH3 is 3. The zero-order valence-electron chi connectivity index (χ0n) is 20.0. The van der Waals surface area contributed by atoms with E-state index < -0.39 is 0 Å². The van der Waals surface area contributed by atoms with Crippen LogP contribution in [0.25, 0.3) is 16.8 Å². The van der Waals surface area contributed by atoms with Crippen LogP contribution in [0.15, 0.2) is 30.3 Å². The van der Waals surface area contributed by atoms with Gasteiger partial charge < -0.3 is 23.8 Å². The molecule has 3 heterocycles. The maximum atomic E-state index is 5.99. The monoisotopic (exact) mass is 451 g/mol. The Balaban J connectivity index is 1.64. The van der Waals surface area contributed by atoms with Crippen LogP contribution < -0.4 is 19.1 Å². The van der Waals surface area contributed by atoms with Crippen molar-refractivity contribution < 1.29 is 18.9 Å². The normalized spacial score (nSPS) is 18.0. The third-order valence-electron chi connectivity index (χ3n) is 6.72. The van der Waals surface area contributed by atoms with E-state index in [2.05, 4.69) is 30.0 Å². The van der Waals surface area contributed by atoms with Crippen molar-refractivity contribution in [2.45, 2.75) is 38.7 Å². The third kappa shape index (κ3) is 4.22. The maximum Gasteiger partial charge on any atom is 0.257 e. The Hall–Kier alpha value is -2.93. The lowest BCUT2D eigenvalue weighted by molar-refractivity contribution is 0.115. The molecule has 3 aromatic rings. The van der Waals surface area contributed by atoms with Crippen molar-refractivity contribution in [3.8, 4) is 28.6 Å². The number of hydrogen-bond donors (Lipinski definition) is 0. The van der Waals surface area contributed by atoms with E-state index in [1.807, 2.05) is 16.6 Å². The summed E-state index contributed by atoms with van der Waals surface area (Å²) in [4.78, 5) is 2.44. The van der Waals surface area contributed by atoms with Crippen molar-refractivity contribution in [1.29, 1.82) is 0 Å². The molecule has 176 valence electrons. The highest BCUT2D eigenvalue weighted by molar-refractivity contribution is 5.83. The molecule has 0 bridgehead atoms. The van der Waals surface area contributed by atoms with Crippen LogP contribution in [0.4, 0.5) is 5.69 Å². The third-order valence-corrected chi connectivity index (χ3v) is 6.72. The number of ether oxygens (including phenoxy) is 4. The number of rotatable bonds is 9. The molecule has 2 aliphatic rings. The molecule has 0 N–H and O–H groups in total. The van der Waals surface area contributed by atoms with Gasteiger partial charge in [-0.05, 0) is 62.3 Å². The van der Waals surface area contributed by atoms with Crippen LogP contribution in [-0.2, 0) is 4.74 Å². The number of hydrogen-bond acceptors (Lipinski definition) is 6. The molecule has 1 aromatic carbocycles. The number of aryl methyl sites for hydroxylation is 1. The topological polar surface area (TPSA) is 57.5 Å². The smallest absolute Gasteiger partial charge is 0.257 e. The number of aromatic nitrogens is 2. The highest BCUT2D eigenvalue weighted by Gasteiger charge is 2.31. The molecule has 7 heteroatoms. The Labute approximate surface area is 195 Å². The summed E-state index contributed by atoms with van der Waals surface area (Å²) in [6, 6.07) is 10.2. The minimum absolute atomic E-state index is 0.260. The molecule has 0 spiro atoms. The van der Waals surface area contributed by atoms with Gasteiger partial charge in [0.15, 0.2) is 0 Å². The molecular weight excluding hydrogens is 418 g/mol. The quantitative estimate of drug-likeness (QED) is 0.469. The fourth-order valence-corrected chi connectivity index (χ4v) is 4.89. The highest BCUT2D eigenvalue weighted by Crippen LogP contribution is 2.42. The molecule has 0 amide bonds. The van der Waals surface area contributed by atoms with Crippen LogP contribution in [0.3, 0.4) is 0 Å². The van der Waals surface area contributed by atoms with Gasteiger partial charge >= 0.3 is 0 Å². The standard InChI is InChI=1S/C26H33N3O4/c1-17-13-20(30-2)14-23(31-3)24(17)21-8-5-9-22-25(26(32-4)27-29(21)22)28(15-18-10-11-18)16-19-7-6-12-33-19/h5,8-9,13-14,18-19H,6-7,10-12,15-16H2,1-4H3. The van der Waals surface area contributed by atoms with Gasteiger partial charge in [0.25, 0.3) is 5.88 Å². The van der Waals surface area contributed by atoms with Gasteiger partial charge in [-0.3, -0.25) is 0 Å². The van der Waals surface area contributed by atoms with Crippen molar-refractivity contribution in [3.05, 3.63) is 35.9 Å². The Morgan fingerprint density at radius 3 is 2.58 bits per heavy atom. The van der Waals surface area contributed by atoms with Crippen LogP contribution in [0.5, 0.6) is 17.4 Å². The average molecular weight is 452 g/mol. The SMILES string of the molecule is COc1cc(C)c(-c2cccc3c(N(CC4CC4)CC4CCCO4)c(OC)nn23)c(OC)c1. The molecule has 33 heavy (non-hydrogen) atoms. The zero-order valence-corrected chi connectivity index (χ0v) is 20.0. The number of fused-ring (bicyclic) bond motifs is 1. The number of benzene rings is 1. The maximum absolute atomic E-state index is 5.99. The van der Waals surface area contributed by atoms with Crippen LogP contribution in [0, 0.1) is 12.8 Å². The van der Waals surface area contributed by atoms with E-state index in [0.29, 0.717) is 5.88 Å². The van der Waals surface area contributed by atoms with E-state index in [4.69, 9.17) is 24.0 Å². The second-order valence-corrected chi connectivity index (χ2v) is 9.07. The summed E-state index contributed by atoms with van der Waals surface area (Å²) in [6.45, 7) is 4.79. The van der Waals surface area contributed by atoms with Gasteiger partial charge in [-0.1, -0.05) is 6.07 Å². The van der Waals surface area contributed by atoms with Gasteiger partial charge in [-0.25, -0.2) is 4.52 Å². The largest absolute Gasteiger partial charge is 0.497 e. The fourth-order valence-electron chi connectivity index (χ4n) is 4.89. The lowest BCUT2D eigenvalue weighted by Crippen LogP contribution is -2.34. The van der Waals surface area contributed by atoms with E-state index in [9.17, 15) is 0 Å². The molecule has 0 radical (unpaired) electrons. The van der Waals surface area contributed by atoms with E-state index in [0.717, 1.165) is 78.0 Å². The Morgan fingerprint density at radius 1 is 1.06 bits per heavy atom. The molecule has 5 rings (SSSR count). The van der Waals surface area contributed by atoms with Gasteiger partial charge in [0.2, 0.25) is 0 Å². The lowest BCUT2D eigenvalue weighted by Gasteiger charge is -2.27. The highest BCUT2D eigenvalue weighted by atomic mass is 16.5. The van der Waals surface area contributed by atoms with Crippen LogP contribution in [0.2, 0.25) is 0 Å². The van der Waals surface area contributed by atoms with Crippen molar-refractivity contribution in [1.82, 2.24) is 9.61 Å². The van der Waals surface area contributed by atoms with Gasteiger partial charge in [-0.2, -0.15) is 0 Å². The molecular formula is C26H33N3O4. The molecule has 1 aliphatic carbocycles. The summed E-state index contributed by atoms with van der Waals surface area (Å²) in [5.74, 6) is 2.90. The summed E-state index contributed by atoms with van der Waals surface area (Å²) in [5, 5.41) is 4.91. The predicted octanol–water partition coefficient (Wildman–Crippen LogP) is 4.73. The van der Waals surface area contributed by atoms with Crippen LogP contribution >= 0.6 is 0 Å².